The van der Waals surface area contributed by atoms with Gasteiger partial charge in [-0.3, -0.25) is 0 Å². The summed E-state index contributed by atoms with van der Waals surface area (Å²) in [7, 11) is 0. The van der Waals surface area contributed by atoms with E-state index in [0.29, 0.717) is 11.1 Å². The van der Waals surface area contributed by atoms with Crippen LogP contribution in [0.25, 0.3) is 88.0 Å². The molecular formula is C44H28O. The van der Waals surface area contributed by atoms with Crippen LogP contribution in [0.2, 0.25) is 0 Å². The molecule has 1 heteroatoms. The number of fused-ring (bicyclic) bond motifs is 5. The Bertz CT molecular complexity index is 2690. The summed E-state index contributed by atoms with van der Waals surface area (Å²) in [5, 5.41) is 5.87. The monoisotopic (exact) mass is 576 g/mol. The average Bonchev–Trinajstić information content (AvgIpc) is 3.54. The molecule has 0 saturated carbocycles. The summed E-state index contributed by atoms with van der Waals surface area (Å²) in [5.41, 5.74) is 8.47. The topological polar surface area (TPSA) is 13.1 Å². The van der Waals surface area contributed by atoms with Crippen molar-refractivity contribution in [1.82, 2.24) is 0 Å². The van der Waals surface area contributed by atoms with E-state index in [1.54, 1.807) is 0 Å². The lowest BCUT2D eigenvalue weighted by molar-refractivity contribution is 0.669. The minimum atomic E-state index is -0.249. The molecule has 0 radical (unpaired) electrons. The second-order valence-electron chi connectivity index (χ2n) is 11.3. The van der Waals surface area contributed by atoms with Crippen molar-refractivity contribution in [3.8, 4) is 44.5 Å². The molecule has 8 aromatic carbocycles. The summed E-state index contributed by atoms with van der Waals surface area (Å²) in [5.74, 6) is 0. The highest BCUT2D eigenvalue weighted by Crippen LogP contribution is 2.48. The van der Waals surface area contributed by atoms with Gasteiger partial charge in [0.25, 0.3) is 0 Å². The number of furan rings is 1. The molecule has 1 nitrogen and oxygen atoms in total. The van der Waals surface area contributed by atoms with Crippen molar-refractivity contribution in [1.29, 1.82) is 0 Å². The lowest BCUT2D eigenvalue weighted by Gasteiger charge is -2.20. The molecule has 45 heavy (non-hydrogen) atoms. The molecule has 0 spiro atoms. The Balaban J connectivity index is 1.40. The van der Waals surface area contributed by atoms with E-state index in [4.69, 9.17) is 8.53 Å². The Morgan fingerprint density at radius 3 is 1.58 bits per heavy atom. The lowest BCUT2D eigenvalue weighted by atomic mass is 9.83. The van der Waals surface area contributed by atoms with Crippen LogP contribution in [-0.2, 0) is 0 Å². The van der Waals surface area contributed by atoms with E-state index in [1.807, 2.05) is 84.9 Å². The van der Waals surface area contributed by atoms with E-state index in [9.17, 15) is 1.37 Å². The van der Waals surface area contributed by atoms with E-state index in [-0.39, 0.29) is 24.2 Å². The van der Waals surface area contributed by atoms with Crippen LogP contribution in [0.3, 0.4) is 0 Å². The van der Waals surface area contributed by atoms with Gasteiger partial charge in [-0.1, -0.05) is 152 Å². The fraction of sp³-hybridized carbons (Fsp3) is 0. The standard InChI is InChI=1S/C44H28O/c1-3-14-29(15-4-1)31-26-27-38-41(28-31)45-40-25-13-24-39(44(38)40)43-36-22-11-9-20-34(36)42(35-21-10-12-23-37(35)43)33-19-8-7-18-32(33)30-16-5-2-6-17-30/h1-28H/i7D,8D,18D,19D. The molecule has 9 aromatic rings. The maximum absolute atomic E-state index is 9.28. The third kappa shape index (κ3) is 4.09. The van der Waals surface area contributed by atoms with E-state index in [1.165, 1.54) is 0 Å². The van der Waals surface area contributed by atoms with Gasteiger partial charge in [-0.05, 0) is 84.3 Å². The van der Waals surface area contributed by atoms with Crippen LogP contribution in [0.15, 0.2) is 174 Å². The highest BCUT2D eigenvalue weighted by Gasteiger charge is 2.21. The third-order valence-corrected chi connectivity index (χ3v) is 8.80. The largest absolute Gasteiger partial charge is 0.456 e. The summed E-state index contributed by atoms with van der Waals surface area (Å²) in [4.78, 5) is 0. The molecule has 0 saturated heterocycles. The van der Waals surface area contributed by atoms with Crippen molar-refractivity contribution < 1.29 is 9.90 Å². The Morgan fingerprint density at radius 1 is 0.378 bits per heavy atom. The Kier molecular flexibility index (Phi) is 5.00. The van der Waals surface area contributed by atoms with E-state index in [2.05, 4.69) is 60.7 Å². The predicted octanol–water partition coefficient (Wildman–Crippen LogP) is 12.6. The predicted molar refractivity (Wildman–Crippen MR) is 190 cm³/mol. The first-order chi connectivity index (χ1) is 24.0. The Labute approximate surface area is 267 Å². The summed E-state index contributed by atoms with van der Waals surface area (Å²) >= 11 is 0. The van der Waals surface area contributed by atoms with Gasteiger partial charge < -0.3 is 4.42 Å². The van der Waals surface area contributed by atoms with Crippen molar-refractivity contribution in [3.05, 3.63) is 170 Å². The van der Waals surface area contributed by atoms with Gasteiger partial charge in [0.2, 0.25) is 0 Å². The lowest BCUT2D eigenvalue weighted by Crippen LogP contribution is -1.93. The number of benzene rings is 8. The molecule has 0 bridgehead atoms. The molecular weight excluding hydrogens is 544 g/mol. The van der Waals surface area contributed by atoms with Gasteiger partial charge in [0.1, 0.15) is 11.2 Å². The smallest absolute Gasteiger partial charge is 0.136 e. The molecule has 0 aliphatic carbocycles. The molecule has 0 atom stereocenters. The molecule has 0 aliphatic rings. The van der Waals surface area contributed by atoms with Crippen molar-refractivity contribution in [2.75, 3.05) is 0 Å². The van der Waals surface area contributed by atoms with Gasteiger partial charge in [-0.25, -0.2) is 0 Å². The first-order valence-corrected chi connectivity index (χ1v) is 15.1. The summed E-state index contributed by atoms with van der Waals surface area (Å²) in [6.45, 7) is 0. The summed E-state index contributed by atoms with van der Waals surface area (Å²) in [6.07, 6.45) is 0. The van der Waals surface area contributed by atoms with Gasteiger partial charge in [0, 0.05) is 10.8 Å². The van der Waals surface area contributed by atoms with Gasteiger partial charge in [-0.2, -0.15) is 0 Å². The van der Waals surface area contributed by atoms with Crippen LogP contribution in [0.4, 0.5) is 0 Å². The molecule has 210 valence electrons. The maximum Gasteiger partial charge on any atom is 0.136 e. The van der Waals surface area contributed by atoms with Gasteiger partial charge >= 0.3 is 0 Å². The van der Waals surface area contributed by atoms with E-state index in [0.717, 1.165) is 76.9 Å². The van der Waals surface area contributed by atoms with Crippen LogP contribution >= 0.6 is 0 Å². The van der Waals surface area contributed by atoms with Crippen LogP contribution in [0.1, 0.15) is 5.48 Å². The molecule has 9 rings (SSSR count). The molecule has 0 N–H and O–H groups in total. The van der Waals surface area contributed by atoms with Gasteiger partial charge in [0.15, 0.2) is 0 Å². The van der Waals surface area contributed by atoms with E-state index >= 15 is 0 Å². The van der Waals surface area contributed by atoms with Crippen molar-refractivity contribution in [2.24, 2.45) is 0 Å². The molecule has 0 aliphatic heterocycles. The highest BCUT2D eigenvalue weighted by molar-refractivity contribution is 6.26. The zero-order valence-electron chi connectivity index (χ0n) is 28.3. The number of hydrogen-bond acceptors (Lipinski definition) is 1. The quantitative estimate of drug-likeness (QED) is 0.190. The van der Waals surface area contributed by atoms with Crippen molar-refractivity contribution in [3.63, 3.8) is 0 Å². The minimum absolute atomic E-state index is 0.0519. The maximum atomic E-state index is 9.28. The second kappa shape index (κ2) is 10.4. The van der Waals surface area contributed by atoms with Crippen LogP contribution < -0.4 is 0 Å². The van der Waals surface area contributed by atoms with Crippen molar-refractivity contribution >= 4 is 43.5 Å². The SMILES string of the molecule is [2H]c1c([2H])c([2H])c(-c2c3ccccc3c(-c3cccc4oc5cc(-c6ccccc6)ccc5c34)c3ccccc23)c(-c2ccccc2)c1[2H]. The number of rotatable bonds is 4. The number of hydrogen-bond donors (Lipinski definition) is 0. The Hall–Kier alpha value is -5.92. The van der Waals surface area contributed by atoms with Gasteiger partial charge in [-0.15, -0.1) is 0 Å². The van der Waals surface area contributed by atoms with Crippen LogP contribution in [0.5, 0.6) is 0 Å². The molecule has 0 unspecified atom stereocenters. The van der Waals surface area contributed by atoms with Gasteiger partial charge in [0.05, 0.1) is 5.48 Å². The minimum Gasteiger partial charge on any atom is -0.456 e. The highest BCUT2D eigenvalue weighted by atomic mass is 16.3. The fourth-order valence-electron chi connectivity index (χ4n) is 6.85. The Morgan fingerprint density at radius 2 is 0.933 bits per heavy atom. The zero-order valence-corrected chi connectivity index (χ0v) is 24.3. The van der Waals surface area contributed by atoms with Crippen molar-refractivity contribution in [2.45, 2.75) is 0 Å². The second-order valence-corrected chi connectivity index (χ2v) is 11.3. The fourth-order valence-corrected chi connectivity index (χ4v) is 6.85. The average molecular weight is 577 g/mol. The van der Waals surface area contributed by atoms with Crippen LogP contribution in [-0.4, -0.2) is 0 Å². The van der Waals surface area contributed by atoms with E-state index < -0.39 is 0 Å². The van der Waals surface area contributed by atoms with Crippen LogP contribution in [0, 0.1) is 0 Å². The zero-order chi connectivity index (χ0) is 33.2. The normalized spacial score (nSPS) is 12.8. The molecule has 1 heterocycles. The summed E-state index contributed by atoms with van der Waals surface area (Å²) < 4.78 is 42.2. The summed E-state index contributed by atoms with van der Waals surface area (Å²) in [6, 6.07) is 48.3. The molecule has 1 aromatic heterocycles. The first-order valence-electron chi connectivity index (χ1n) is 17.1. The first kappa shape index (κ1) is 21.7. The third-order valence-electron chi connectivity index (χ3n) is 8.80. The molecule has 0 fully saturated rings. The molecule has 0 amide bonds.